The lowest BCUT2D eigenvalue weighted by Crippen LogP contribution is -2.04. The van der Waals surface area contributed by atoms with Gasteiger partial charge in [-0.05, 0) is 12.8 Å². The zero-order chi connectivity index (χ0) is 7.56. The van der Waals surface area contributed by atoms with Crippen LogP contribution in [0.2, 0.25) is 0 Å². The van der Waals surface area contributed by atoms with Crippen molar-refractivity contribution >= 4 is 18.0 Å². The van der Waals surface area contributed by atoms with Crippen LogP contribution in [0.4, 0.5) is 0 Å². The molecule has 1 nitrogen and oxygen atoms in total. The Labute approximate surface area is 66.6 Å². The lowest BCUT2D eigenvalue weighted by molar-refractivity contribution is 0.812. The van der Waals surface area contributed by atoms with Crippen molar-refractivity contribution in [3.05, 3.63) is 11.1 Å². The van der Waals surface area contributed by atoms with Crippen LogP contribution in [0.3, 0.4) is 0 Å². The van der Waals surface area contributed by atoms with Crippen LogP contribution >= 0.6 is 11.8 Å². The van der Waals surface area contributed by atoms with Gasteiger partial charge in [0.25, 0.3) is 0 Å². The van der Waals surface area contributed by atoms with Crippen molar-refractivity contribution in [2.45, 2.75) is 26.0 Å². The van der Waals surface area contributed by atoms with Gasteiger partial charge < -0.3 is 0 Å². The monoisotopic (exact) mass is 155 g/mol. The highest BCUT2D eigenvalue weighted by Crippen LogP contribution is 2.29. The maximum absolute atomic E-state index is 4.15. The van der Waals surface area contributed by atoms with Crippen LogP contribution in [0.1, 0.15) is 20.8 Å². The number of aliphatic imine (C=N–C) groups is 1. The van der Waals surface area contributed by atoms with Crippen molar-refractivity contribution in [2.75, 3.05) is 0 Å². The molecule has 1 heterocycles. The molecule has 0 amide bonds. The molecule has 0 spiro atoms. The maximum Gasteiger partial charge on any atom is 0.0417 e. The first-order valence-corrected chi connectivity index (χ1v) is 4.48. The highest BCUT2D eigenvalue weighted by atomic mass is 32.2. The fourth-order valence-electron chi connectivity index (χ4n) is 0.798. The maximum atomic E-state index is 4.15. The van der Waals surface area contributed by atoms with Crippen molar-refractivity contribution in [3.63, 3.8) is 0 Å². The van der Waals surface area contributed by atoms with Crippen LogP contribution in [0, 0.1) is 5.92 Å². The lowest BCUT2D eigenvalue weighted by atomic mass is 10.2. The zero-order valence-corrected chi connectivity index (χ0v) is 7.48. The van der Waals surface area contributed by atoms with Gasteiger partial charge in [0.1, 0.15) is 0 Å². The summed E-state index contributed by atoms with van der Waals surface area (Å²) in [5.74, 6) is 0.630. The predicted octanol–water partition coefficient (Wildman–Crippen LogP) is 2.69. The molecular weight excluding hydrogens is 142 g/mol. The Morgan fingerprint density at radius 2 is 2.30 bits per heavy atom. The van der Waals surface area contributed by atoms with Crippen LogP contribution in [0.15, 0.2) is 16.1 Å². The van der Waals surface area contributed by atoms with Gasteiger partial charge in [-0.25, -0.2) is 0 Å². The zero-order valence-electron chi connectivity index (χ0n) is 6.66. The van der Waals surface area contributed by atoms with Crippen molar-refractivity contribution in [3.8, 4) is 0 Å². The normalized spacial score (nSPS) is 25.2. The van der Waals surface area contributed by atoms with Gasteiger partial charge in [0.2, 0.25) is 0 Å². The minimum atomic E-state index is 0.558. The average molecular weight is 155 g/mol. The summed E-state index contributed by atoms with van der Waals surface area (Å²) in [6.45, 7) is 6.57. The molecule has 0 radical (unpaired) electrons. The van der Waals surface area contributed by atoms with E-state index in [1.165, 1.54) is 4.91 Å². The molecule has 0 bridgehead atoms. The third kappa shape index (κ3) is 1.87. The number of thioether (sulfide) groups is 1. The molecule has 0 aromatic carbocycles. The standard InChI is InChI=1S/C8H13NS/c1-6(2)8-5-9-4-7(3)10-8/h4-7H,1-3H3. The molecule has 0 aliphatic carbocycles. The second-order valence-electron chi connectivity index (χ2n) is 2.81. The minimum absolute atomic E-state index is 0.558. The number of hydrogen-bond acceptors (Lipinski definition) is 2. The van der Waals surface area contributed by atoms with E-state index in [1.807, 2.05) is 24.2 Å². The largest absolute Gasteiger partial charge is 0.267 e. The van der Waals surface area contributed by atoms with Gasteiger partial charge in [-0.2, -0.15) is 0 Å². The highest BCUT2D eigenvalue weighted by Gasteiger charge is 2.10. The van der Waals surface area contributed by atoms with E-state index < -0.39 is 0 Å². The third-order valence-electron chi connectivity index (χ3n) is 1.39. The van der Waals surface area contributed by atoms with Gasteiger partial charge in [0, 0.05) is 22.6 Å². The smallest absolute Gasteiger partial charge is 0.0417 e. The Morgan fingerprint density at radius 1 is 1.60 bits per heavy atom. The highest BCUT2D eigenvalue weighted by molar-refractivity contribution is 8.04. The molecule has 10 heavy (non-hydrogen) atoms. The van der Waals surface area contributed by atoms with Gasteiger partial charge in [-0.1, -0.05) is 13.8 Å². The Hall–Kier alpha value is -0.240. The molecule has 0 aromatic heterocycles. The number of allylic oxidation sites excluding steroid dienone is 1. The molecule has 1 rings (SSSR count). The van der Waals surface area contributed by atoms with Gasteiger partial charge in [0.15, 0.2) is 0 Å². The number of nitrogens with zero attached hydrogens (tertiary/aromatic N) is 1. The first-order valence-electron chi connectivity index (χ1n) is 3.60. The van der Waals surface area contributed by atoms with E-state index in [0.717, 1.165) is 0 Å². The fourth-order valence-corrected chi connectivity index (χ4v) is 1.75. The Bertz CT molecular complexity index is 170. The lowest BCUT2D eigenvalue weighted by Gasteiger charge is -2.15. The van der Waals surface area contributed by atoms with E-state index in [2.05, 4.69) is 25.8 Å². The molecule has 1 aliphatic heterocycles. The van der Waals surface area contributed by atoms with E-state index in [1.54, 1.807) is 0 Å². The van der Waals surface area contributed by atoms with Crippen LogP contribution in [-0.2, 0) is 0 Å². The van der Waals surface area contributed by atoms with Crippen LogP contribution in [-0.4, -0.2) is 11.5 Å². The second-order valence-corrected chi connectivity index (χ2v) is 4.26. The van der Waals surface area contributed by atoms with Crippen molar-refractivity contribution < 1.29 is 0 Å². The van der Waals surface area contributed by atoms with Gasteiger partial charge in [-0.3, -0.25) is 4.99 Å². The molecule has 0 N–H and O–H groups in total. The van der Waals surface area contributed by atoms with Gasteiger partial charge in [-0.15, -0.1) is 11.8 Å². The Kier molecular flexibility index (Phi) is 2.55. The van der Waals surface area contributed by atoms with E-state index in [4.69, 9.17) is 0 Å². The van der Waals surface area contributed by atoms with E-state index in [-0.39, 0.29) is 0 Å². The predicted molar refractivity (Wildman–Crippen MR) is 48.5 cm³/mol. The molecule has 1 aliphatic rings. The molecule has 0 saturated heterocycles. The quantitative estimate of drug-likeness (QED) is 0.567. The SMILES string of the molecule is CC1C=NC=C(C(C)C)S1. The second kappa shape index (κ2) is 3.24. The Balaban J connectivity index is 2.61. The van der Waals surface area contributed by atoms with Crippen molar-refractivity contribution in [2.24, 2.45) is 10.9 Å². The topological polar surface area (TPSA) is 12.4 Å². The molecule has 1 unspecified atom stereocenters. The molecule has 0 fully saturated rings. The van der Waals surface area contributed by atoms with E-state index in [9.17, 15) is 0 Å². The van der Waals surface area contributed by atoms with Crippen molar-refractivity contribution in [1.29, 1.82) is 0 Å². The molecule has 56 valence electrons. The minimum Gasteiger partial charge on any atom is -0.267 e. The average Bonchev–Trinajstić information content (AvgIpc) is 1.88. The molecule has 2 heteroatoms. The summed E-state index contributed by atoms with van der Waals surface area (Å²) in [6, 6.07) is 0. The fraction of sp³-hybridized carbons (Fsp3) is 0.625. The summed E-state index contributed by atoms with van der Waals surface area (Å²) in [6.07, 6.45) is 3.95. The van der Waals surface area contributed by atoms with E-state index in [0.29, 0.717) is 11.2 Å². The first kappa shape index (κ1) is 7.86. The van der Waals surface area contributed by atoms with Crippen LogP contribution in [0.5, 0.6) is 0 Å². The summed E-state index contributed by atoms with van der Waals surface area (Å²) in [5, 5.41) is 0.558. The number of hydrogen-bond donors (Lipinski definition) is 0. The van der Waals surface area contributed by atoms with Gasteiger partial charge >= 0.3 is 0 Å². The first-order chi connectivity index (χ1) is 4.70. The molecule has 1 atom stereocenters. The summed E-state index contributed by atoms with van der Waals surface area (Å²) >= 11 is 1.91. The number of rotatable bonds is 1. The summed E-state index contributed by atoms with van der Waals surface area (Å²) in [7, 11) is 0. The summed E-state index contributed by atoms with van der Waals surface area (Å²) < 4.78 is 0. The van der Waals surface area contributed by atoms with Crippen molar-refractivity contribution in [1.82, 2.24) is 0 Å². The molecule has 0 aromatic rings. The summed E-state index contributed by atoms with van der Waals surface area (Å²) in [5.41, 5.74) is 0. The van der Waals surface area contributed by atoms with Crippen LogP contribution < -0.4 is 0 Å². The van der Waals surface area contributed by atoms with Crippen LogP contribution in [0.25, 0.3) is 0 Å². The third-order valence-corrected chi connectivity index (χ3v) is 2.73. The molecular formula is C8H13NS. The Morgan fingerprint density at radius 3 is 2.70 bits per heavy atom. The summed E-state index contributed by atoms with van der Waals surface area (Å²) in [4.78, 5) is 5.55. The van der Waals surface area contributed by atoms with E-state index >= 15 is 0 Å². The molecule has 0 saturated carbocycles. The van der Waals surface area contributed by atoms with Gasteiger partial charge in [0.05, 0.1) is 0 Å².